The lowest BCUT2D eigenvalue weighted by Crippen LogP contribution is -2.24. The number of aryl methyl sites for hydroxylation is 1. The number of nitrogens with zero attached hydrogens (tertiary/aromatic N) is 1. The van der Waals surface area contributed by atoms with Crippen molar-refractivity contribution in [3.8, 4) is 0 Å². The number of aromatic nitrogens is 1. The Kier molecular flexibility index (Phi) is 7.31. The van der Waals surface area contributed by atoms with Gasteiger partial charge < -0.3 is 9.88 Å². The molecule has 4 rings (SSSR count). The number of carbonyl (C=O) groups is 1. The van der Waals surface area contributed by atoms with Gasteiger partial charge in [-0.1, -0.05) is 43.3 Å². The van der Waals surface area contributed by atoms with Gasteiger partial charge in [0.1, 0.15) is 5.82 Å². The second-order valence-corrected chi connectivity index (χ2v) is 11.6. The molecule has 0 spiro atoms. The molecule has 188 valence electrons. The highest BCUT2D eigenvalue weighted by molar-refractivity contribution is 7.91. The fraction of sp³-hybridized carbons (Fsp3) is 0.276. The molecule has 0 aliphatic carbocycles. The van der Waals surface area contributed by atoms with Crippen molar-refractivity contribution in [1.29, 1.82) is 0 Å². The van der Waals surface area contributed by atoms with Crippen molar-refractivity contribution in [3.05, 3.63) is 100 Å². The smallest absolute Gasteiger partial charge is 0.254 e. The second-order valence-electron chi connectivity index (χ2n) is 9.32. The van der Waals surface area contributed by atoms with Gasteiger partial charge in [0.05, 0.1) is 21.7 Å². The van der Waals surface area contributed by atoms with E-state index in [0.717, 1.165) is 22.2 Å². The van der Waals surface area contributed by atoms with Gasteiger partial charge in [-0.15, -0.1) is 0 Å². The molecule has 1 heterocycles. The molecule has 5 nitrogen and oxygen atoms in total. The van der Waals surface area contributed by atoms with E-state index in [2.05, 4.69) is 42.8 Å². The summed E-state index contributed by atoms with van der Waals surface area (Å²) in [6.45, 7) is 7.97. The van der Waals surface area contributed by atoms with Crippen LogP contribution in [0.2, 0.25) is 0 Å². The van der Waals surface area contributed by atoms with E-state index in [1.165, 1.54) is 29.3 Å². The number of halogens is 1. The van der Waals surface area contributed by atoms with Crippen molar-refractivity contribution in [1.82, 2.24) is 9.88 Å². The van der Waals surface area contributed by atoms with Crippen molar-refractivity contribution >= 4 is 26.6 Å². The summed E-state index contributed by atoms with van der Waals surface area (Å²) in [6, 6.07) is 19.8. The van der Waals surface area contributed by atoms with Crippen molar-refractivity contribution in [2.24, 2.45) is 0 Å². The molecule has 0 saturated heterocycles. The Hall–Kier alpha value is -3.45. The molecule has 0 aliphatic rings. The van der Waals surface area contributed by atoms with Gasteiger partial charge in [-0.2, -0.15) is 0 Å². The van der Waals surface area contributed by atoms with Crippen LogP contribution in [0.1, 0.15) is 59.6 Å². The monoisotopic (exact) mass is 506 g/mol. The average molecular weight is 507 g/mol. The Morgan fingerprint density at radius 2 is 1.72 bits per heavy atom. The first-order chi connectivity index (χ1) is 17.1. The van der Waals surface area contributed by atoms with Crippen LogP contribution in [-0.2, 0) is 22.8 Å². The molecule has 1 N–H and O–H groups in total. The van der Waals surface area contributed by atoms with E-state index in [1.54, 1.807) is 25.1 Å². The number of carbonyl (C=O) groups excluding carboxylic acids is 1. The van der Waals surface area contributed by atoms with Crippen LogP contribution in [0.5, 0.6) is 0 Å². The Labute approximate surface area is 211 Å². The van der Waals surface area contributed by atoms with Crippen LogP contribution >= 0.6 is 0 Å². The van der Waals surface area contributed by atoms with Gasteiger partial charge in [-0.05, 0) is 67.8 Å². The Morgan fingerprint density at radius 3 is 2.36 bits per heavy atom. The fourth-order valence-electron chi connectivity index (χ4n) is 4.49. The third-order valence-corrected chi connectivity index (χ3v) is 8.27. The second kappa shape index (κ2) is 10.3. The predicted octanol–water partition coefficient (Wildman–Crippen LogP) is 5.98. The van der Waals surface area contributed by atoms with Gasteiger partial charge in [0.2, 0.25) is 0 Å². The van der Waals surface area contributed by atoms with E-state index in [9.17, 15) is 13.2 Å². The van der Waals surface area contributed by atoms with Crippen LogP contribution in [0.3, 0.4) is 0 Å². The normalized spacial score (nSPS) is 11.8. The molecule has 7 heteroatoms. The molecule has 4 aromatic rings. The quantitative estimate of drug-likeness (QED) is 0.319. The van der Waals surface area contributed by atoms with Gasteiger partial charge in [0.15, 0.2) is 9.84 Å². The summed E-state index contributed by atoms with van der Waals surface area (Å²) in [6.07, 6.45) is 0.715. The maximum atomic E-state index is 15.1. The van der Waals surface area contributed by atoms with Crippen molar-refractivity contribution in [3.63, 3.8) is 0 Å². The highest BCUT2D eigenvalue weighted by Gasteiger charge is 2.19. The van der Waals surface area contributed by atoms with Crippen LogP contribution in [-0.4, -0.2) is 24.6 Å². The molecular weight excluding hydrogens is 475 g/mol. The van der Waals surface area contributed by atoms with Gasteiger partial charge in [0, 0.05) is 30.1 Å². The number of amides is 1. The minimum atomic E-state index is -3.28. The first kappa shape index (κ1) is 25.6. The van der Waals surface area contributed by atoms with Gasteiger partial charge in [0.25, 0.3) is 5.91 Å². The molecule has 0 unspecified atom stereocenters. The van der Waals surface area contributed by atoms with E-state index in [0.29, 0.717) is 6.42 Å². The fourth-order valence-corrected chi connectivity index (χ4v) is 5.37. The van der Waals surface area contributed by atoms with Crippen LogP contribution in [0.4, 0.5) is 4.39 Å². The molecule has 1 aromatic heterocycles. The lowest BCUT2D eigenvalue weighted by Gasteiger charge is -2.16. The topological polar surface area (TPSA) is 68.2 Å². The summed E-state index contributed by atoms with van der Waals surface area (Å²) >= 11 is 0. The summed E-state index contributed by atoms with van der Waals surface area (Å²) in [4.78, 5) is 13.1. The number of fused-ring (bicyclic) bond motifs is 1. The van der Waals surface area contributed by atoms with Gasteiger partial charge >= 0.3 is 0 Å². The molecule has 0 radical (unpaired) electrons. The minimum Gasteiger partial charge on any atom is -0.348 e. The molecular formula is C29H31FN2O3S. The van der Waals surface area contributed by atoms with Crippen LogP contribution in [0.25, 0.3) is 10.9 Å². The standard InChI is InChI=1S/C29H31FN2O3S/c1-5-36(34,35)25-12-10-21(11-13-25)18-31-29(33)26-16-23-15-24(14-22-9-7-6-8-20(22)4)32(19(2)3)28(23)17-27(26)30/h6-13,15-17,19H,5,14,18H2,1-4H3,(H,31,33). The lowest BCUT2D eigenvalue weighted by atomic mass is 10.0. The molecule has 0 fully saturated rings. The van der Waals surface area contributed by atoms with Crippen LogP contribution < -0.4 is 5.32 Å². The highest BCUT2D eigenvalue weighted by Crippen LogP contribution is 2.29. The molecule has 0 atom stereocenters. The van der Waals surface area contributed by atoms with Crippen molar-refractivity contribution in [2.45, 2.75) is 51.6 Å². The number of nitrogens with one attached hydrogen (secondary N) is 1. The van der Waals surface area contributed by atoms with E-state index >= 15 is 4.39 Å². The largest absolute Gasteiger partial charge is 0.348 e. The first-order valence-corrected chi connectivity index (χ1v) is 13.7. The third-order valence-electron chi connectivity index (χ3n) is 6.52. The Morgan fingerprint density at radius 1 is 1.03 bits per heavy atom. The Bertz CT molecular complexity index is 1520. The summed E-state index contributed by atoms with van der Waals surface area (Å²) in [7, 11) is -3.28. The van der Waals surface area contributed by atoms with E-state index in [4.69, 9.17) is 0 Å². The zero-order valence-electron chi connectivity index (χ0n) is 21.0. The number of rotatable bonds is 8. The van der Waals surface area contributed by atoms with Crippen molar-refractivity contribution < 1.29 is 17.6 Å². The van der Waals surface area contributed by atoms with Crippen molar-refractivity contribution in [2.75, 3.05) is 5.75 Å². The first-order valence-electron chi connectivity index (χ1n) is 12.1. The number of benzene rings is 3. The molecule has 1 amide bonds. The summed E-state index contributed by atoms with van der Waals surface area (Å²) < 4.78 is 41.2. The summed E-state index contributed by atoms with van der Waals surface area (Å²) in [5, 5.41) is 3.56. The molecule has 0 saturated carbocycles. The number of hydrogen-bond donors (Lipinski definition) is 1. The van der Waals surface area contributed by atoms with Gasteiger partial charge in [-0.3, -0.25) is 4.79 Å². The average Bonchev–Trinajstić information content (AvgIpc) is 3.20. The Balaban J connectivity index is 1.59. The van der Waals surface area contributed by atoms with Crippen LogP contribution in [0.15, 0.2) is 71.6 Å². The highest BCUT2D eigenvalue weighted by atomic mass is 32.2. The summed E-state index contributed by atoms with van der Waals surface area (Å²) in [5.41, 5.74) is 4.94. The van der Waals surface area contributed by atoms with E-state index in [-0.39, 0.29) is 28.8 Å². The molecule has 3 aromatic carbocycles. The molecule has 36 heavy (non-hydrogen) atoms. The summed E-state index contributed by atoms with van der Waals surface area (Å²) in [5.74, 6) is -1.07. The maximum Gasteiger partial charge on any atom is 0.254 e. The zero-order chi connectivity index (χ0) is 26.0. The van der Waals surface area contributed by atoms with Crippen LogP contribution in [0, 0.1) is 12.7 Å². The predicted molar refractivity (Wildman–Crippen MR) is 142 cm³/mol. The van der Waals surface area contributed by atoms with Gasteiger partial charge in [-0.25, -0.2) is 12.8 Å². The lowest BCUT2D eigenvalue weighted by molar-refractivity contribution is 0.0947. The number of sulfone groups is 1. The molecule has 0 aliphatic heterocycles. The SMILES string of the molecule is CCS(=O)(=O)c1ccc(CNC(=O)c2cc3cc(Cc4ccccc4C)n(C(C)C)c3cc2F)cc1. The third kappa shape index (κ3) is 5.21. The zero-order valence-corrected chi connectivity index (χ0v) is 21.8. The number of hydrogen-bond acceptors (Lipinski definition) is 3. The molecule has 0 bridgehead atoms. The minimum absolute atomic E-state index is 0.0176. The van der Waals surface area contributed by atoms with E-state index < -0.39 is 21.6 Å². The maximum absolute atomic E-state index is 15.1. The van der Waals surface area contributed by atoms with E-state index in [1.807, 2.05) is 18.2 Å².